The van der Waals surface area contributed by atoms with E-state index < -0.39 is 30.1 Å². The number of benzene rings is 3. The van der Waals surface area contributed by atoms with Crippen molar-refractivity contribution in [3.63, 3.8) is 0 Å². The zero-order chi connectivity index (χ0) is 49.3. The molecule has 3 fully saturated rings. The molecule has 372 valence electrons. The van der Waals surface area contributed by atoms with Crippen LogP contribution in [0, 0.1) is 35.2 Å². The summed E-state index contributed by atoms with van der Waals surface area (Å²) in [6.45, 7) is 5.63. The molecule has 24 heteroatoms. The van der Waals surface area contributed by atoms with E-state index >= 15 is 0 Å². The number of nitrogens with zero attached hydrogens (tertiary/aromatic N) is 9. The molecule has 3 unspecified atom stereocenters. The molecule has 6 heterocycles. The van der Waals surface area contributed by atoms with Crippen molar-refractivity contribution in [2.24, 2.45) is 17.8 Å². The molecule has 3 aromatic carbocycles. The highest BCUT2D eigenvalue weighted by molar-refractivity contribution is 7.89. The van der Waals surface area contributed by atoms with Gasteiger partial charge in [-0.15, -0.1) is 0 Å². The lowest BCUT2D eigenvalue weighted by atomic mass is 9.98. The third kappa shape index (κ3) is 14.6. The third-order valence-electron chi connectivity index (χ3n) is 12.1. The first kappa shape index (κ1) is 51.5. The molecule has 3 aliphatic heterocycles. The Morgan fingerprint density at radius 2 is 0.971 bits per heavy atom. The van der Waals surface area contributed by atoms with Gasteiger partial charge < -0.3 is 14.7 Å². The number of piperidine rings is 3. The number of sulfonamides is 3. The Morgan fingerprint density at radius 3 is 1.51 bits per heavy atom. The fourth-order valence-electron chi connectivity index (χ4n) is 8.93. The van der Waals surface area contributed by atoms with Crippen molar-refractivity contribution in [2.75, 3.05) is 92.4 Å². The Kier molecular flexibility index (Phi) is 16.8. The van der Waals surface area contributed by atoms with E-state index in [1.54, 1.807) is 24.3 Å². The lowest BCUT2D eigenvalue weighted by Gasteiger charge is -2.34. The normalized spacial score (nSPS) is 19.2. The molecule has 0 bridgehead atoms. The molecule has 0 radical (unpaired) electrons. The molecule has 0 spiro atoms. The maximum atomic E-state index is 14.2. The van der Waals surface area contributed by atoms with Crippen molar-refractivity contribution in [1.29, 1.82) is 0 Å². The molecular formula is C45H57F3N12O6S3. The maximum Gasteiger partial charge on any atom is 0.208 e. The highest BCUT2D eigenvalue weighted by atomic mass is 32.2. The molecule has 69 heavy (non-hydrogen) atoms. The second-order valence-electron chi connectivity index (χ2n) is 17.7. The SMILES string of the molecule is CS(=O)(=O)NCC1CCCN(c2ncnc3c(F)cccc23)C1.CS(=O)(=O)NCC1CCCN(c2ncnc3ccc(F)cc23)C1.CS(=O)(=O)NCC1CCCN(c2ncnc3cccc(F)c23)C1. The number of anilines is 3. The molecule has 18 nitrogen and oxygen atoms in total. The molecule has 3 saturated heterocycles. The van der Waals surface area contributed by atoms with Crippen LogP contribution in [0.4, 0.5) is 30.6 Å². The zero-order valence-electron chi connectivity index (χ0n) is 38.6. The number of fused-ring (bicyclic) bond motifs is 3. The maximum absolute atomic E-state index is 14.2. The van der Waals surface area contributed by atoms with Gasteiger partial charge in [0.15, 0.2) is 0 Å². The zero-order valence-corrected chi connectivity index (χ0v) is 41.0. The molecule has 0 amide bonds. The number of para-hydroxylation sites is 1. The van der Waals surface area contributed by atoms with E-state index in [0.717, 1.165) is 76.9 Å². The van der Waals surface area contributed by atoms with Crippen molar-refractivity contribution in [3.8, 4) is 0 Å². The van der Waals surface area contributed by atoms with Crippen LogP contribution in [0.25, 0.3) is 32.7 Å². The molecule has 3 aliphatic rings. The first-order chi connectivity index (χ1) is 32.8. The predicted octanol–water partition coefficient (Wildman–Crippen LogP) is 4.60. The summed E-state index contributed by atoms with van der Waals surface area (Å²) >= 11 is 0. The minimum absolute atomic E-state index is 0.176. The van der Waals surface area contributed by atoms with Crippen molar-refractivity contribution in [3.05, 3.63) is 91.0 Å². The smallest absolute Gasteiger partial charge is 0.208 e. The summed E-state index contributed by atoms with van der Waals surface area (Å²) in [7, 11) is -9.58. The lowest BCUT2D eigenvalue weighted by molar-refractivity contribution is 0.410. The van der Waals surface area contributed by atoms with Gasteiger partial charge in [0.1, 0.15) is 59.4 Å². The van der Waals surface area contributed by atoms with Crippen LogP contribution in [0.1, 0.15) is 38.5 Å². The van der Waals surface area contributed by atoms with E-state index in [2.05, 4.69) is 53.9 Å². The van der Waals surface area contributed by atoms with Gasteiger partial charge in [-0.3, -0.25) is 0 Å². The molecule has 9 rings (SSSR count). The Hall–Kier alpha value is -5.40. The number of halogens is 3. The topological polar surface area (TPSA) is 226 Å². The Morgan fingerprint density at radius 1 is 0.522 bits per heavy atom. The van der Waals surface area contributed by atoms with E-state index in [0.29, 0.717) is 89.4 Å². The molecule has 0 saturated carbocycles. The van der Waals surface area contributed by atoms with Crippen LogP contribution in [0.2, 0.25) is 0 Å². The second-order valence-corrected chi connectivity index (χ2v) is 23.2. The number of rotatable bonds is 12. The number of aromatic nitrogens is 6. The molecule has 3 aromatic heterocycles. The summed E-state index contributed by atoms with van der Waals surface area (Å²) in [6.07, 6.45) is 13.4. The van der Waals surface area contributed by atoms with E-state index in [4.69, 9.17) is 0 Å². The van der Waals surface area contributed by atoms with Crippen LogP contribution in [-0.4, -0.2) is 133 Å². The standard InChI is InChI=1S/3C15H19FN4O2S/c1-23(21,22)19-8-11-4-3-7-20(9-11)15-14-12(16)5-2-6-13(14)17-10-18-15;1-23(21,22)19-8-11-4-3-7-20(9-11)15-12-5-2-6-13(16)14(12)17-10-18-15;1-23(21,22)19-8-11-3-2-6-20(9-11)15-13-7-12(16)4-5-14(13)17-10-18-15/h2*2,5-6,10-11,19H,3-4,7-9H2,1H3;4-5,7,10-11,19H,2-3,6,8-9H2,1H3. The largest absolute Gasteiger partial charge is 0.356 e. The van der Waals surface area contributed by atoms with E-state index in [-0.39, 0.29) is 35.2 Å². The number of hydrogen-bond acceptors (Lipinski definition) is 15. The second kappa shape index (κ2) is 22.6. The van der Waals surface area contributed by atoms with Crippen molar-refractivity contribution in [1.82, 2.24) is 44.1 Å². The molecular weight excluding hydrogens is 958 g/mol. The molecule has 0 aliphatic carbocycles. The van der Waals surface area contributed by atoms with Crippen LogP contribution < -0.4 is 28.9 Å². The van der Waals surface area contributed by atoms with E-state index in [1.165, 1.54) is 43.2 Å². The lowest BCUT2D eigenvalue weighted by Crippen LogP contribution is -2.41. The molecule has 6 aromatic rings. The van der Waals surface area contributed by atoms with Gasteiger partial charge in [0.25, 0.3) is 0 Å². The first-order valence-corrected chi connectivity index (χ1v) is 28.2. The van der Waals surface area contributed by atoms with Crippen LogP contribution in [-0.2, 0) is 30.1 Å². The van der Waals surface area contributed by atoms with Gasteiger partial charge in [-0.1, -0.05) is 12.1 Å². The highest BCUT2D eigenvalue weighted by Crippen LogP contribution is 2.31. The van der Waals surface area contributed by atoms with Crippen molar-refractivity contribution >= 4 is 80.2 Å². The van der Waals surface area contributed by atoms with Gasteiger partial charge in [-0.2, -0.15) is 0 Å². The van der Waals surface area contributed by atoms with Gasteiger partial charge in [0, 0.05) is 69.7 Å². The van der Waals surface area contributed by atoms with Gasteiger partial charge in [-0.05, 0) is 98.7 Å². The summed E-state index contributed by atoms with van der Waals surface area (Å²) < 4.78 is 117. The molecule has 3 atom stereocenters. The Bertz CT molecular complexity index is 3020. The molecule has 3 N–H and O–H groups in total. The van der Waals surface area contributed by atoms with Gasteiger partial charge in [0.05, 0.1) is 35.2 Å². The average Bonchev–Trinajstić information content (AvgIpc) is 3.32. The minimum atomic E-state index is -3.20. The van der Waals surface area contributed by atoms with E-state index in [1.807, 2.05) is 11.0 Å². The Labute approximate surface area is 400 Å². The fourth-order valence-corrected chi connectivity index (χ4v) is 10.5. The number of hydrogen-bond donors (Lipinski definition) is 3. The van der Waals surface area contributed by atoms with Crippen LogP contribution in [0.5, 0.6) is 0 Å². The summed E-state index contributed by atoms with van der Waals surface area (Å²) in [4.78, 5) is 31.4. The van der Waals surface area contributed by atoms with Crippen LogP contribution >= 0.6 is 0 Å². The summed E-state index contributed by atoms with van der Waals surface area (Å²) in [5.41, 5.74) is 1.59. The van der Waals surface area contributed by atoms with E-state index in [9.17, 15) is 38.4 Å². The van der Waals surface area contributed by atoms with Crippen LogP contribution in [0.3, 0.4) is 0 Å². The van der Waals surface area contributed by atoms with Crippen LogP contribution in [0.15, 0.2) is 73.6 Å². The van der Waals surface area contributed by atoms with Gasteiger partial charge >= 0.3 is 0 Å². The van der Waals surface area contributed by atoms with Gasteiger partial charge in [-0.25, -0.2) is 82.5 Å². The average molecular weight is 1020 g/mol. The van der Waals surface area contributed by atoms with Gasteiger partial charge in [0.2, 0.25) is 30.1 Å². The fraction of sp³-hybridized carbons (Fsp3) is 0.467. The predicted molar refractivity (Wildman–Crippen MR) is 262 cm³/mol. The Balaban J connectivity index is 0.000000153. The number of nitrogens with one attached hydrogen (secondary N) is 3. The van der Waals surface area contributed by atoms with Crippen molar-refractivity contribution < 1.29 is 38.4 Å². The summed E-state index contributed by atoms with van der Waals surface area (Å²) in [6, 6.07) is 14.1. The summed E-state index contributed by atoms with van der Waals surface area (Å²) in [5, 5.41) is 1.79. The quantitative estimate of drug-likeness (QED) is 0.152. The van der Waals surface area contributed by atoms with Crippen molar-refractivity contribution in [2.45, 2.75) is 38.5 Å². The summed E-state index contributed by atoms with van der Waals surface area (Å²) in [5.74, 6) is 1.56. The monoisotopic (exact) mass is 1010 g/mol. The minimum Gasteiger partial charge on any atom is -0.356 e. The highest BCUT2D eigenvalue weighted by Gasteiger charge is 2.27. The first-order valence-electron chi connectivity index (χ1n) is 22.6. The third-order valence-corrected chi connectivity index (χ3v) is 14.2.